The summed E-state index contributed by atoms with van der Waals surface area (Å²) in [6.45, 7) is 1.70. The summed E-state index contributed by atoms with van der Waals surface area (Å²) in [7, 11) is 0. The van der Waals surface area contributed by atoms with Gasteiger partial charge < -0.3 is 0 Å². The number of halogens is 1. The van der Waals surface area contributed by atoms with Gasteiger partial charge in [-0.2, -0.15) is 5.26 Å². The summed E-state index contributed by atoms with van der Waals surface area (Å²) in [5.41, 5.74) is 0.873. The molecular formula is C10H7ClN2O2. The molecule has 4 nitrogen and oxygen atoms in total. The molecule has 0 amide bonds. The standard InChI is InChI=1S/C10H7ClN2O2/c1-7-3-2-4-9(13(14)15)10(7)8(11)5-6-12/h2-5H,1H3/b8-5-. The fourth-order valence-electron chi connectivity index (χ4n) is 1.24. The molecule has 0 heterocycles. The van der Waals surface area contributed by atoms with Crippen LogP contribution in [0.2, 0.25) is 0 Å². The SMILES string of the molecule is Cc1cccc([N+](=O)[O-])c1/C(Cl)=C/C#N. The van der Waals surface area contributed by atoms with Crippen molar-refractivity contribution in [3.8, 4) is 6.07 Å². The Kier molecular flexibility index (Phi) is 3.42. The van der Waals surface area contributed by atoms with Gasteiger partial charge in [0, 0.05) is 12.1 Å². The van der Waals surface area contributed by atoms with Crippen LogP contribution in [0.3, 0.4) is 0 Å². The van der Waals surface area contributed by atoms with E-state index in [1.165, 1.54) is 6.07 Å². The summed E-state index contributed by atoms with van der Waals surface area (Å²) >= 11 is 5.80. The van der Waals surface area contributed by atoms with Crippen molar-refractivity contribution < 1.29 is 4.92 Å². The van der Waals surface area contributed by atoms with Gasteiger partial charge in [-0.05, 0) is 12.5 Å². The van der Waals surface area contributed by atoms with E-state index in [4.69, 9.17) is 16.9 Å². The summed E-state index contributed by atoms with van der Waals surface area (Å²) in [6, 6.07) is 6.38. The van der Waals surface area contributed by atoms with Gasteiger partial charge >= 0.3 is 0 Å². The number of nitro groups is 1. The van der Waals surface area contributed by atoms with Crippen LogP contribution in [0.15, 0.2) is 24.3 Å². The Morgan fingerprint density at radius 3 is 2.87 bits per heavy atom. The van der Waals surface area contributed by atoms with Crippen molar-refractivity contribution in [2.24, 2.45) is 0 Å². The third-order valence-electron chi connectivity index (χ3n) is 1.88. The Labute approximate surface area is 91.6 Å². The summed E-state index contributed by atoms with van der Waals surface area (Å²) in [4.78, 5) is 10.2. The first-order chi connectivity index (χ1) is 7.07. The minimum Gasteiger partial charge on any atom is -0.258 e. The Morgan fingerprint density at radius 2 is 2.33 bits per heavy atom. The van der Waals surface area contributed by atoms with Crippen molar-refractivity contribution in [1.82, 2.24) is 0 Å². The smallest absolute Gasteiger partial charge is 0.258 e. The predicted octanol–water partition coefficient (Wildman–Crippen LogP) is 3.01. The molecule has 0 bridgehead atoms. The largest absolute Gasteiger partial charge is 0.278 e. The number of benzene rings is 1. The van der Waals surface area contributed by atoms with Gasteiger partial charge in [0.15, 0.2) is 0 Å². The zero-order valence-corrected chi connectivity index (χ0v) is 8.65. The maximum absolute atomic E-state index is 10.7. The molecular weight excluding hydrogens is 216 g/mol. The summed E-state index contributed by atoms with van der Waals surface area (Å²) in [6.07, 6.45) is 1.08. The lowest BCUT2D eigenvalue weighted by Gasteiger charge is -2.03. The summed E-state index contributed by atoms with van der Waals surface area (Å²) in [5.74, 6) is 0. The number of rotatable bonds is 2. The van der Waals surface area contributed by atoms with E-state index in [0.717, 1.165) is 6.08 Å². The van der Waals surface area contributed by atoms with Crippen molar-refractivity contribution in [3.05, 3.63) is 45.5 Å². The molecule has 0 fully saturated rings. The number of nitrogens with zero attached hydrogens (tertiary/aromatic N) is 2. The highest BCUT2D eigenvalue weighted by Crippen LogP contribution is 2.31. The highest BCUT2D eigenvalue weighted by atomic mass is 35.5. The van der Waals surface area contributed by atoms with Crippen LogP contribution in [-0.2, 0) is 0 Å². The van der Waals surface area contributed by atoms with E-state index >= 15 is 0 Å². The number of hydrogen-bond acceptors (Lipinski definition) is 3. The third kappa shape index (κ3) is 2.33. The summed E-state index contributed by atoms with van der Waals surface area (Å²) < 4.78 is 0. The molecule has 15 heavy (non-hydrogen) atoms. The van der Waals surface area contributed by atoms with Crippen molar-refractivity contribution in [2.75, 3.05) is 0 Å². The average molecular weight is 223 g/mol. The Hall–Kier alpha value is -1.86. The first kappa shape index (κ1) is 11.2. The van der Waals surface area contributed by atoms with Gasteiger partial charge in [-0.1, -0.05) is 23.7 Å². The number of aryl methyl sites for hydroxylation is 1. The van der Waals surface area contributed by atoms with Gasteiger partial charge in [-0.25, -0.2) is 0 Å². The lowest BCUT2D eigenvalue weighted by Crippen LogP contribution is -1.95. The lowest BCUT2D eigenvalue weighted by molar-refractivity contribution is -0.385. The Balaban J connectivity index is 3.45. The first-order valence-corrected chi connectivity index (χ1v) is 4.45. The highest BCUT2D eigenvalue weighted by molar-refractivity contribution is 6.49. The van der Waals surface area contributed by atoms with E-state index in [0.29, 0.717) is 11.1 Å². The number of nitro benzene ring substituents is 1. The second-order valence-electron chi connectivity index (χ2n) is 2.85. The molecule has 1 aromatic carbocycles. The van der Waals surface area contributed by atoms with Crippen LogP contribution >= 0.6 is 11.6 Å². The minimum absolute atomic E-state index is 0.0855. The third-order valence-corrected chi connectivity index (χ3v) is 2.18. The van der Waals surface area contributed by atoms with E-state index in [2.05, 4.69) is 0 Å². The van der Waals surface area contributed by atoms with Crippen molar-refractivity contribution >= 4 is 22.3 Å². The van der Waals surface area contributed by atoms with E-state index in [9.17, 15) is 10.1 Å². The van der Waals surface area contributed by atoms with Crippen molar-refractivity contribution in [1.29, 1.82) is 5.26 Å². The second-order valence-corrected chi connectivity index (χ2v) is 3.25. The van der Waals surface area contributed by atoms with Gasteiger partial charge in [0.05, 0.1) is 21.6 Å². The fraction of sp³-hybridized carbons (Fsp3) is 0.100. The zero-order chi connectivity index (χ0) is 11.4. The van der Waals surface area contributed by atoms with Gasteiger partial charge in [-0.15, -0.1) is 0 Å². The number of allylic oxidation sites excluding steroid dienone is 1. The lowest BCUT2D eigenvalue weighted by atomic mass is 10.1. The quantitative estimate of drug-likeness (QED) is 0.439. The number of nitriles is 1. The highest BCUT2D eigenvalue weighted by Gasteiger charge is 2.17. The fourth-order valence-corrected chi connectivity index (χ4v) is 1.54. The van der Waals surface area contributed by atoms with Crippen LogP contribution in [0, 0.1) is 28.4 Å². The molecule has 76 valence electrons. The average Bonchev–Trinajstić information content (AvgIpc) is 2.17. The molecule has 0 aromatic heterocycles. The Morgan fingerprint density at radius 1 is 1.67 bits per heavy atom. The van der Waals surface area contributed by atoms with Crippen LogP contribution in [0.4, 0.5) is 5.69 Å². The van der Waals surface area contributed by atoms with Crippen LogP contribution in [0.5, 0.6) is 0 Å². The molecule has 0 N–H and O–H groups in total. The zero-order valence-electron chi connectivity index (χ0n) is 7.90. The number of hydrogen-bond donors (Lipinski definition) is 0. The van der Waals surface area contributed by atoms with Crippen molar-refractivity contribution in [2.45, 2.75) is 6.92 Å². The van der Waals surface area contributed by atoms with Crippen LogP contribution in [0.25, 0.3) is 5.03 Å². The van der Waals surface area contributed by atoms with Crippen molar-refractivity contribution in [3.63, 3.8) is 0 Å². The molecule has 1 rings (SSSR count). The normalized spacial score (nSPS) is 10.9. The predicted molar refractivity (Wildman–Crippen MR) is 57.3 cm³/mol. The summed E-state index contributed by atoms with van der Waals surface area (Å²) in [5, 5.41) is 19.2. The van der Waals surface area contributed by atoms with E-state index < -0.39 is 4.92 Å². The second kappa shape index (κ2) is 4.58. The van der Waals surface area contributed by atoms with Crippen LogP contribution in [-0.4, -0.2) is 4.92 Å². The first-order valence-electron chi connectivity index (χ1n) is 4.07. The van der Waals surface area contributed by atoms with Crippen LogP contribution < -0.4 is 0 Å². The topological polar surface area (TPSA) is 66.9 Å². The van der Waals surface area contributed by atoms with Gasteiger partial charge in [0.1, 0.15) is 0 Å². The molecule has 0 aliphatic heterocycles. The molecule has 0 aliphatic rings. The van der Waals surface area contributed by atoms with E-state index in [-0.39, 0.29) is 10.7 Å². The molecule has 0 atom stereocenters. The van der Waals surface area contributed by atoms with E-state index in [1.54, 1.807) is 25.1 Å². The molecule has 5 heteroatoms. The Bertz CT molecular complexity index is 475. The molecule has 0 aliphatic carbocycles. The molecule has 0 radical (unpaired) electrons. The molecule has 0 unspecified atom stereocenters. The minimum atomic E-state index is -0.518. The van der Waals surface area contributed by atoms with Gasteiger partial charge in [0.25, 0.3) is 5.69 Å². The molecule has 1 aromatic rings. The van der Waals surface area contributed by atoms with Crippen LogP contribution in [0.1, 0.15) is 11.1 Å². The monoisotopic (exact) mass is 222 g/mol. The molecule has 0 spiro atoms. The van der Waals surface area contributed by atoms with Gasteiger partial charge in [-0.3, -0.25) is 10.1 Å². The molecule has 0 saturated heterocycles. The van der Waals surface area contributed by atoms with Gasteiger partial charge in [0.2, 0.25) is 0 Å². The molecule has 0 saturated carbocycles. The maximum Gasteiger partial charge on any atom is 0.278 e. The maximum atomic E-state index is 10.7. The van der Waals surface area contributed by atoms with E-state index in [1.807, 2.05) is 0 Å².